The van der Waals surface area contributed by atoms with Gasteiger partial charge in [-0.25, -0.2) is 8.42 Å². The predicted octanol–water partition coefficient (Wildman–Crippen LogP) is 1.98. The number of hydrogen-bond donors (Lipinski definition) is 0. The van der Waals surface area contributed by atoms with Gasteiger partial charge in [-0.2, -0.15) is 9.57 Å². The van der Waals surface area contributed by atoms with Crippen molar-refractivity contribution in [2.75, 3.05) is 7.05 Å². The number of aryl methyl sites for hydroxylation is 2. The minimum atomic E-state index is -3.68. The lowest BCUT2D eigenvalue weighted by Crippen LogP contribution is -2.27. The molecule has 0 aliphatic heterocycles. The van der Waals surface area contributed by atoms with Crippen LogP contribution in [0.25, 0.3) is 0 Å². The van der Waals surface area contributed by atoms with Gasteiger partial charge in [0.25, 0.3) is 0 Å². The zero-order valence-electron chi connectivity index (χ0n) is 12.0. The van der Waals surface area contributed by atoms with Crippen LogP contribution in [0.2, 0.25) is 0 Å². The third-order valence-corrected chi connectivity index (χ3v) is 5.15. The van der Waals surface area contributed by atoms with Gasteiger partial charge >= 0.3 is 0 Å². The molecular weight excluding hydrogens is 290 g/mol. The lowest BCUT2D eigenvalue weighted by molar-refractivity contribution is 0.389. The van der Waals surface area contributed by atoms with Crippen LogP contribution >= 0.6 is 0 Å². The van der Waals surface area contributed by atoms with Gasteiger partial charge in [0.05, 0.1) is 11.6 Å². The van der Waals surface area contributed by atoms with Gasteiger partial charge in [-0.05, 0) is 31.5 Å². The number of sulfonamides is 1. The lowest BCUT2D eigenvalue weighted by Gasteiger charge is -2.17. The molecule has 0 spiro atoms. The van der Waals surface area contributed by atoms with Crippen LogP contribution < -0.4 is 0 Å². The highest BCUT2D eigenvalue weighted by Crippen LogP contribution is 2.23. The number of nitriles is 1. The minimum Gasteiger partial charge on any atom is -0.360 e. The molecule has 0 fully saturated rings. The molecule has 0 amide bonds. The van der Waals surface area contributed by atoms with Crippen molar-refractivity contribution in [2.45, 2.75) is 25.3 Å². The van der Waals surface area contributed by atoms with Crippen LogP contribution in [0.4, 0.5) is 0 Å². The van der Waals surface area contributed by atoms with Crippen LogP contribution in [0.5, 0.6) is 0 Å². The summed E-state index contributed by atoms with van der Waals surface area (Å²) in [4.78, 5) is 0.0986. The van der Waals surface area contributed by atoms with E-state index in [0.29, 0.717) is 11.3 Å². The van der Waals surface area contributed by atoms with Crippen LogP contribution in [-0.2, 0) is 16.6 Å². The van der Waals surface area contributed by atoms with Gasteiger partial charge in [0.2, 0.25) is 10.0 Å². The van der Waals surface area contributed by atoms with Gasteiger partial charge in [-0.1, -0.05) is 17.3 Å². The molecule has 0 atom stereocenters. The molecule has 0 N–H and O–H groups in total. The normalized spacial score (nSPS) is 11.6. The van der Waals surface area contributed by atoms with Crippen molar-refractivity contribution in [1.82, 2.24) is 9.46 Å². The van der Waals surface area contributed by atoms with Gasteiger partial charge < -0.3 is 4.52 Å². The molecule has 0 saturated heterocycles. The molecule has 110 valence electrons. The fourth-order valence-corrected chi connectivity index (χ4v) is 3.52. The first-order chi connectivity index (χ1) is 9.86. The Labute approximate surface area is 123 Å². The molecule has 0 saturated carbocycles. The van der Waals surface area contributed by atoms with Crippen LogP contribution in [0, 0.1) is 25.2 Å². The van der Waals surface area contributed by atoms with Gasteiger partial charge in [0, 0.05) is 13.6 Å². The Hall–Kier alpha value is -2.17. The second-order valence-electron chi connectivity index (χ2n) is 4.73. The van der Waals surface area contributed by atoms with Crippen molar-refractivity contribution < 1.29 is 12.9 Å². The summed E-state index contributed by atoms with van der Waals surface area (Å²) in [5.74, 6) is 0.269. The maximum Gasteiger partial charge on any atom is 0.248 e. The van der Waals surface area contributed by atoms with E-state index in [1.165, 1.54) is 11.4 Å². The molecule has 0 aliphatic carbocycles. The highest BCUT2D eigenvalue weighted by atomic mass is 32.2. The van der Waals surface area contributed by atoms with E-state index in [0.717, 1.165) is 5.56 Å². The Morgan fingerprint density at radius 1 is 1.38 bits per heavy atom. The zero-order valence-corrected chi connectivity index (χ0v) is 12.8. The van der Waals surface area contributed by atoms with E-state index in [4.69, 9.17) is 9.78 Å². The fourth-order valence-electron chi connectivity index (χ4n) is 2.08. The maximum atomic E-state index is 12.6. The van der Waals surface area contributed by atoms with E-state index in [1.807, 2.05) is 6.07 Å². The molecule has 7 heteroatoms. The molecule has 1 aromatic carbocycles. The number of rotatable bonds is 4. The number of hydrogen-bond acceptors (Lipinski definition) is 5. The molecule has 1 aromatic heterocycles. The van der Waals surface area contributed by atoms with E-state index < -0.39 is 10.0 Å². The van der Waals surface area contributed by atoms with Gasteiger partial charge in [-0.15, -0.1) is 0 Å². The molecular formula is C14H15N3O3S. The van der Waals surface area contributed by atoms with Crippen molar-refractivity contribution in [3.8, 4) is 6.07 Å². The summed E-state index contributed by atoms with van der Waals surface area (Å²) in [5, 5.41) is 12.6. The summed E-state index contributed by atoms with van der Waals surface area (Å²) in [6, 6.07) is 8.88. The number of aromatic nitrogens is 1. The molecule has 2 rings (SSSR count). The van der Waals surface area contributed by atoms with Crippen molar-refractivity contribution in [2.24, 2.45) is 0 Å². The van der Waals surface area contributed by atoms with Gasteiger partial charge in [0.15, 0.2) is 5.76 Å². The topological polar surface area (TPSA) is 87.2 Å². The molecule has 0 aliphatic rings. The van der Waals surface area contributed by atoms with Crippen molar-refractivity contribution in [1.29, 1.82) is 5.26 Å². The first-order valence-electron chi connectivity index (χ1n) is 6.24. The first kappa shape index (κ1) is 15.2. The molecule has 0 radical (unpaired) electrons. The maximum absolute atomic E-state index is 12.6. The zero-order chi connectivity index (χ0) is 15.6. The van der Waals surface area contributed by atoms with Crippen molar-refractivity contribution >= 4 is 10.0 Å². The molecule has 21 heavy (non-hydrogen) atoms. The van der Waals surface area contributed by atoms with Crippen molar-refractivity contribution in [3.05, 3.63) is 46.8 Å². The number of benzene rings is 1. The van der Waals surface area contributed by atoms with E-state index in [9.17, 15) is 8.42 Å². The average molecular weight is 305 g/mol. The van der Waals surface area contributed by atoms with Gasteiger partial charge in [0.1, 0.15) is 10.6 Å². The molecule has 0 unspecified atom stereocenters. The SMILES string of the molecule is Cc1noc(C)c1S(=O)(=O)N(C)Cc1cccc(C#N)c1. The fraction of sp³-hybridized carbons (Fsp3) is 0.286. The highest BCUT2D eigenvalue weighted by Gasteiger charge is 2.28. The smallest absolute Gasteiger partial charge is 0.248 e. The average Bonchev–Trinajstić information content (AvgIpc) is 2.78. The van der Waals surface area contributed by atoms with Crippen LogP contribution in [0.1, 0.15) is 22.6 Å². The molecule has 0 bridgehead atoms. The Bertz CT molecular complexity index is 784. The third-order valence-electron chi connectivity index (χ3n) is 3.10. The quantitative estimate of drug-likeness (QED) is 0.862. The number of nitrogens with zero attached hydrogens (tertiary/aromatic N) is 3. The highest BCUT2D eigenvalue weighted by molar-refractivity contribution is 7.89. The Morgan fingerprint density at radius 3 is 2.67 bits per heavy atom. The Balaban J connectivity index is 2.31. The Morgan fingerprint density at radius 2 is 2.10 bits per heavy atom. The van der Waals surface area contributed by atoms with E-state index in [1.54, 1.807) is 38.1 Å². The second kappa shape index (κ2) is 5.68. The standard InChI is InChI=1S/C14H15N3O3S/c1-10-14(11(2)20-16-10)21(18,19)17(3)9-13-6-4-5-12(7-13)8-15/h4-7H,9H2,1-3H3. The largest absolute Gasteiger partial charge is 0.360 e. The lowest BCUT2D eigenvalue weighted by atomic mass is 10.1. The monoisotopic (exact) mass is 305 g/mol. The summed E-state index contributed by atoms with van der Waals surface area (Å²) in [6.07, 6.45) is 0. The van der Waals surface area contributed by atoms with Crippen LogP contribution in [0.3, 0.4) is 0 Å². The van der Waals surface area contributed by atoms with Gasteiger partial charge in [-0.3, -0.25) is 0 Å². The molecule has 6 nitrogen and oxygen atoms in total. The van der Waals surface area contributed by atoms with Crippen LogP contribution in [-0.4, -0.2) is 24.9 Å². The van der Waals surface area contributed by atoms with E-state index in [2.05, 4.69) is 5.16 Å². The minimum absolute atomic E-state index is 0.0986. The molecule has 1 heterocycles. The summed E-state index contributed by atoms with van der Waals surface area (Å²) in [7, 11) is -2.19. The van der Waals surface area contributed by atoms with Crippen LogP contribution in [0.15, 0.2) is 33.7 Å². The summed E-state index contributed by atoms with van der Waals surface area (Å²) in [5.41, 5.74) is 1.58. The van der Waals surface area contributed by atoms with E-state index in [-0.39, 0.29) is 17.2 Å². The summed E-state index contributed by atoms with van der Waals surface area (Å²) >= 11 is 0. The predicted molar refractivity (Wildman–Crippen MR) is 75.8 cm³/mol. The summed E-state index contributed by atoms with van der Waals surface area (Å²) < 4.78 is 31.2. The van der Waals surface area contributed by atoms with Crippen molar-refractivity contribution in [3.63, 3.8) is 0 Å². The third kappa shape index (κ3) is 2.96. The van der Waals surface area contributed by atoms with E-state index >= 15 is 0 Å². The summed E-state index contributed by atoms with van der Waals surface area (Å²) in [6.45, 7) is 3.33. The second-order valence-corrected chi connectivity index (χ2v) is 6.71. The Kier molecular flexibility index (Phi) is 4.11. The molecule has 2 aromatic rings. The first-order valence-corrected chi connectivity index (χ1v) is 7.68.